The molecular weight excluding hydrogens is 252 g/mol. The highest BCUT2D eigenvalue weighted by Crippen LogP contribution is 2.36. The SMILES string of the molecule is CC(C)C1CCCCC1N1CC(=O)N2CCCC2C1=O. The van der Waals surface area contributed by atoms with Crippen LogP contribution >= 0.6 is 0 Å². The van der Waals surface area contributed by atoms with Crippen LogP contribution in [0.15, 0.2) is 0 Å². The van der Waals surface area contributed by atoms with Gasteiger partial charge in [-0.3, -0.25) is 9.59 Å². The van der Waals surface area contributed by atoms with Crippen molar-refractivity contribution in [2.45, 2.75) is 64.5 Å². The van der Waals surface area contributed by atoms with E-state index in [9.17, 15) is 9.59 Å². The third-order valence-corrected chi connectivity index (χ3v) is 5.49. The van der Waals surface area contributed by atoms with Crippen molar-refractivity contribution in [3.63, 3.8) is 0 Å². The molecule has 1 saturated carbocycles. The molecule has 0 aromatic heterocycles. The largest absolute Gasteiger partial charge is 0.329 e. The van der Waals surface area contributed by atoms with E-state index in [1.54, 1.807) is 0 Å². The number of fused-ring (bicyclic) bond motifs is 1. The lowest BCUT2D eigenvalue weighted by Crippen LogP contribution is -2.61. The van der Waals surface area contributed by atoms with Crippen molar-refractivity contribution in [1.29, 1.82) is 0 Å². The van der Waals surface area contributed by atoms with Gasteiger partial charge < -0.3 is 9.80 Å². The summed E-state index contributed by atoms with van der Waals surface area (Å²) < 4.78 is 0. The lowest BCUT2D eigenvalue weighted by molar-refractivity contribution is -0.158. The van der Waals surface area contributed by atoms with Crippen molar-refractivity contribution >= 4 is 11.8 Å². The number of nitrogens with zero attached hydrogens (tertiary/aromatic N) is 2. The van der Waals surface area contributed by atoms with Gasteiger partial charge in [0.05, 0.1) is 0 Å². The Morgan fingerprint density at radius 3 is 2.50 bits per heavy atom. The minimum atomic E-state index is -0.147. The third kappa shape index (κ3) is 2.23. The predicted octanol–water partition coefficient (Wildman–Crippen LogP) is 2.03. The normalized spacial score (nSPS) is 34.9. The molecule has 20 heavy (non-hydrogen) atoms. The first-order valence-electron chi connectivity index (χ1n) is 8.19. The maximum absolute atomic E-state index is 12.8. The summed E-state index contributed by atoms with van der Waals surface area (Å²) in [6, 6.07) is 0.147. The molecule has 2 aliphatic heterocycles. The van der Waals surface area contributed by atoms with E-state index in [0.29, 0.717) is 24.4 Å². The standard InChI is InChI=1S/C16H26N2O2/c1-11(2)12-6-3-4-7-13(12)18-10-15(19)17-9-5-8-14(17)16(18)20/h11-14H,3-10H2,1-2H3. The Kier molecular flexibility index (Phi) is 3.74. The zero-order valence-corrected chi connectivity index (χ0v) is 12.7. The predicted molar refractivity (Wildman–Crippen MR) is 77.0 cm³/mol. The van der Waals surface area contributed by atoms with Crippen LogP contribution in [-0.4, -0.2) is 46.8 Å². The lowest BCUT2D eigenvalue weighted by Gasteiger charge is -2.46. The van der Waals surface area contributed by atoms with Crippen LogP contribution in [0.25, 0.3) is 0 Å². The summed E-state index contributed by atoms with van der Waals surface area (Å²) in [5, 5.41) is 0. The van der Waals surface area contributed by atoms with Gasteiger partial charge in [0.15, 0.2) is 0 Å². The molecule has 4 nitrogen and oxygen atoms in total. The molecule has 2 saturated heterocycles. The number of rotatable bonds is 2. The molecule has 112 valence electrons. The number of hydrogen-bond acceptors (Lipinski definition) is 2. The summed E-state index contributed by atoms with van der Waals surface area (Å²) in [5.41, 5.74) is 0. The zero-order chi connectivity index (χ0) is 14.3. The van der Waals surface area contributed by atoms with E-state index >= 15 is 0 Å². The number of piperazine rings is 1. The van der Waals surface area contributed by atoms with Crippen molar-refractivity contribution < 1.29 is 9.59 Å². The van der Waals surface area contributed by atoms with Gasteiger partial charge in [0.2, 0.25) is 11.8 Å². The van der Waals surface area contributed by atoms with Crippen molar-refractivity contribution in [2.24, 2.45) is 11.8 Å². The van der Waals surface area contributed by atoms with Gasteiger partial charge in [0.1, 0.15) is 12.6 Å². The zero-order valence-electron chi connectivity index (χ0n) is 12.7. The van der Waals surface area contributed by atoms with Gasteiger partial charge in [-0.05, 0) is 37.5 Å². The van der Waals surface area contributed by atoms with E-state index in [0.717, 1.165) is 25.8 Å². The van der Waals surface area contributed by atoms with E-state index in [4.69, 9.17) is 0 Å². The van der Waals surface area contributed by atoms with Crippen LogP contribution in [0.4, 0.5) is 0 Å². The Balaban J connectivity index is 1.81. The molecular formula is C16H26N2O2. The molecule has 0 N–H and O–H groups in total. The fourth-order valence-electron chi connectivity index (χ4n) is 4.41. The van der Waals surface area contributed by atoms with E-state index in [1.807, 2.05) is 9.80 Å². The van der Waals surface area contributed by atoms with Gasteiger partial charge in [0.25, 0.3) is 0 Å². The molecule has 0 aromatic carbocycles. The molecule has 3 aliphatic rings. The third-order valence-electron chi connectivity index (χ3n) is 5.49. The van der Waals surface area contributed by atoms with E-state index in [-0.39, 0.29) is 17.9 Å². The molecule has 0 spiro atoms. The lowest BCUT2D eigenvalue weighted by atomic mass is 9.76. The number of carbonyl (C=O) groups is 2. The second kappa shape index (κ2) is 5.38. The maximum Gasteiger partial charge on any atom is 0.246 e. The van der Waals surface area contributed by atoms with Gasteiger partial charge in [-0.15, -0.1) is 0 Å². The van der Waals surface area contributed by atoms with Crippen LogP contribution in [0, 0.1) is 11.8 Å². The second-order valence-electron chi connectivity index (χ2n) is 6.97. The van der Waals surface area contributed by atoms with Crippen LogP contribution in [0.3, 0.4) is 0 Å². The van der Waals surface area contributed by atoms with Gasteiger partial charge in [-0.1, -0.05) is 26.7 Å². The van der Waals surface area contributed by atoms with Crippen LogP contribution in [0.1, 0.15) is 52.4 Å². The fourth-order valence-corrected chi connectivity index (χ4v) is 4.41. The monoisotopic (exact) mass is 278 g/mol. The van der Waals surface area contributed by atoms with Crippen LogP contribution in [0.5, 0.6) is 0 Å². The molecule has 4 heteroatoms. The first kappa shape index (κ1) is 13.9. The van der Waals surface area contributed by atoms with Crippen LogP contribution < -0.4 is 0 Å². The number of amides is 2. The minimum Gasteiger partial charge on any atom is -0.329 e. The molecule has 3 unspecified atom stereocenters. The smallest absolute Gasteiger partial charge is 0.246 e. The number of hydrogen-bond donors (Lipinski definition) is 0. The summed E-state index contributed by atoms with van der Waals surface area (Å²) in [7, 11) is 0. The van der Waals surface area contributed by atoms with Gasteiger partial charge in [-0.2, -0.15) is 0 Å². The summed E-state index contributed by atoms with van der Waals surface area (Å²) in [5.74, 6) is 1.54. The van der Waals surface area contributed by atoms with Gasteiger partial charge in [0, 0.05) is 12.6 Å². The quantitative estimate of drug-likeness (QED) is 0.775. The molecule has 3 atom stereocenters. The average Bonchev–Trinajstić information content (AvgIpc) is 2.93. The molecule has 1 aliphatic carbocycles. The van der Waals surface area contributed by atoms with Crippen molar-refractivity contribution in [3.05, 3.63) is 0 Å². The number of carbonyl (C=O) groups excluding carboxylic acids is 2. The van der Waals surface area contributed by atoms with Crippen LogP contribution in [-0.2, 0) is 9.59 Å². The van der Waals surface area contributed by atoms with Crippen molar-refractivity contribution in [3.8, 4) is 0 Å². The van der Waals surface area contributed by atoms with E-state index in [2.05, 4.69) is 13.8 Å². The van der Waals surface area contributed by atoms with Crippen LogP contribution in [0.2, 0.25) is 0 Å². The highest BCUT2D eigenvalue weighted by molar-refractivity contribution is 5.95. The summed E-state index contributed by atoms with van der Waals surface area (Å²) in [6.45, 7) is 5.60. The minimum absolute atomic E-state index is 0.147. The van der Waals surface area contributed by atoms with Crippen molar-refractivity contribution in [2.75, 3.05) is 13.1 Å². The Bertz CT molecular complexity index is 407. The highest BCUT2D eigenvalue weighted by atomic mass is 16.2. The molecule has 0 radical (unpaired) electrons. The molecule has 0 bridgehead atoms. The molecule has 2 heterocycles. The summed E-state index contributed by atoms with van der Waals surface area (Å²) in [4.78, 5) is 28.8. The van der Waals surface area contributed by atoms with E-state index < -0.39 is 0 Å². The Morgan fingerprint density at radius 2 is 1.75 bits per heavy atom. The highest BCUT2D eigenvalue weighted by Gasteiger charge is 2.46. The Morgan fingerprint density at radius 1 is 1.00 bits per heavy atom. The molecule has 3 rings (SSSR count). The summed E-state index contributed by atoms with van der Waals surface area (Å²) >= 11 is 0. The molecule has 2 amide bonds. The summed E-state index contributed by atoms with van der Waals surface area (Å²) in [6.07, 6.45) is 6.59. The van der Waals surface area contributed by atoms with E-state index in [1.165, 1.54) is 19.3 Å². The average molecular weight is 278 g/mol. The van der Waals surface area contributed by atoms with Gasteiger partial charge in [-0.25, -0.2) is 0 Å². The van der Waals surface area contributed by atoms with Gasteiger partial charge >= 0.3 is 0 Å². The Labute approximate surface area is 121 Å². The molecule has 0 aromatic rings. The maximum atomic E-state index is 12.8. The first-order chi connectivity index (χ1) is 9.59. The first-order valence-corrected chi connectivity index (χ1v) is 8.19. The molecule has 3 fully saturated rings. The topological polar surface area (TPSA) is 40.6 Å². The fraction of sp³-hybridized carbons (Fsp3) is 0.875. The second-order valence-corrected chi connectivity index (χ2v) is 6.97. The van der Waals surface area contributed by atoms with Crippen molar-refractivity contribution in [1.82, 2.24) is 9.80 Å². The Hall–Kier alpha value is -1.06.